The Morgan fingerprint density at radius 1 is 1.36 bits per heavy atom. The molecule has 0 bridgehead atoms. The number of aliphatic hydroxyl groups excluding tert-OH is 1. The van der Waals surface area contributed by atoms with Gasteiger partial charge in [0.15, 0.2) is 0 Å². The van der Waals surface area contributed by atoms with Crippen molar-refractivity contribution in [2.24, 2.45) is 5.73 Å². The minimum atomic E-state index is -0.265. The third-order valence-electron chi connectivity index (χ3n) is 1.90. The summed E-state index contributed by atoms with van der Waals surface area (Å²) in [6.45, 7) is -0.0381. The van der Waals surface area contributed by atoms with Crippen molar-refractivity contribution in [2.75, 3.05) is 12.3 Å². The fraction of sp³-hybridized carbons (Fsp3) is 0.333. The average molecular weight is 324 g/mol. The topological polar surface area (TPSA) is 72.3 Å². The number of nitrogens with two attached hydrogens (primary N) is 2. The zero-order valence-corrected chi connectivity index (χ0v) is 10.7. The van der Waals surface area contributed by atoms with Crippen LogP contribution in [0.3, 0.4) is 0 Å². The van der Waals surface area contributed by atoms with E-state index in [0.717, 1.165) is 14.5 Å². The number of hydrogen-bond donors (Lipinski definition) is 3. The molecule has 14 heavy (non-hydrogen) atoms. The minimum absolute atomic E-state index is 0.0381. The fourth-order valence-electron chi connectivity index (χ4n) is 1.15. The molecule has 0 spiro atoms. The Hall–Kier alpha value is -0.100. The number of rotatable bonds is 3. The van der Waals surface area contributed by atoms with E-state index in [1.165, 1.54) is 0 Å². The molecule has 1 atom stereocenters. The lowest BCUT2D eigenvalue weighted by atomic mass is 10.1. The van der Waals surface area contributed by atoms with Crippen molar-refractivity contribution in [2.45, 2.75) is 12.5 Å². The van der Waals surface area contributed by atoms with Crippen LogP contribution in [0.1, 0.15) is 5.56 Å². The van der Waals surface area contributed by atoms with Crippen LogP contribution in [0, 0.1) is 0 Å². The first-order valence-corrected chi connectivity index (χ1v) is 5.73. The SMILES string of the molecule is Nc1c(Br)cc(Br)cc1CC(N)CO. The van der Waals surface area contributed by atoms with Gasteiger partial charge in [-0.3, -0.25) is 0 Å². The molecule has 0 amide bonds. The standard InChI is InChI=1S/C9H12Br2N2O/c10-6-1-5(2-7(12)4-14)9(13)8(11)3-6/h1,3,7,14H,2,4,12-13H2. The van der Waals surface area contributed by atoms with Crippen LogP contribution in [-0.4, -0.2) is 17.8 Å². The predicted octanol–water partition coefficient (Wildman–Crippen LogP) is 1.66. The predicted molar refractivity (Wildman–Crippen MR) is 65.0 cm³/mol. The molecular formula is C9H12Br2N2O. The molecule has 5 N–H and O–H groups in total. The number of nitrogen functional groups attached to an aromatic ring is 1. The minimum Gasteiger partial charge on any atom is -0.398 e. The number of halogens is 2. The Bertz CT molecular complexity index is 331. The van der Waals surface area contributed by atoms with E-state index >= 15 is 0 Å². The van der Waals surface area contributed by atoms with Crippen molar-refractivity contribution in [3.63, 3.8) is 0 Å². The highest BCUT2D eigenvalue weighted by atomic mass is 79.9. The van der Waals surface area contributed by atoms with Crippen molar-refractivity contribution >= 4 is 37.5 Å². The van der Waals surface area contributed by atoms with Crippen molar-refractivity contribution in [3.8, 4) is 0 Å². The largest absolute Gasteiger partial charge is 0.398 e. The van der Waals surface area contributed by atoms with Gasteiger partial charge in [0.1, 0.15) is 0 Å². The van der Waals surface area contributed by atoms with E-state index in [1.807, 2.05) is 12.1 Å². The first-order chi connectivity index (χ1) is 6.54. The summed E-state index contributed by atoms with van der Waals surface area (Å²) in [5.74, 6) is 0. The molecule has 0 saturated heterocycles. The Morgan fingerprint density at radius 3 is 2.57 bits per heavy atom. The summed E-state index contributed by atoms with van der Waals surface area (Å²) in [7, 11) is 0. The Labute approximate surface area is 99.7 Å². The number of hydrogen-bond acceptors (Lipinski definition) is 3. The van der Waals surface area contributed by atoms with Gasteiger partial charge in [-0.2, -0.15) is 0 Å². The maximum atomic E-state index is 8.84. The molecule has 0 radical (unpaired) electrons. The van der Waals surface area contributed by atoms with Crippen LogP contribution in [0.25, 0.3) is 0 Å². The molecule has 0 heterocycles. The first kappa shape index (κ1) is 12.0. The van der Waals surface area contributed by atoms with Gasteiger partial charge in [-0.05, 0) is 40.0 Å². The highest BCUT2D eigenvalue weighted by Gasteiger charge is 2.09. The van der Waals surface area contributed by atoms with Gasteiger partial charge in [-0.1, -0.05) is 15.9 Å². The van der Waals surface area contributed by atoms with Gasteiger partial charge in [-0.25, -0.2) is 0 Å². The van der Waals surface area contributed by atoms with Crippen LogP contribution in [0.4, 0.5) is 5.69 Å². The lowest BCUT2D eigenvalue weighted by Crippen LogP contribution is -2.27. The molecule has 0 aliphatic heterocycles. The van der Waals surface area contributed by atoms with Crippen LogP contribution < -0.4 is 11.5 Å². The quantitative estimate of drug-likeness (QED) is 0.741. The van der Waals surface area contributed by atoms with Crippen molar-refractivity contribution in [1.29, 1.82) is 0 Å². The second-order valence-electron chi connectivity index (χ2n) is 3.11. The Balaban J connectivity index is 2.96. The van der Waals surface area contributed by atoms with Gasteiger partial charge in [0, 0.05) is 20.7 Å². The molecule has 0 aliphatic carbocycles. The zero-order chi connectivity index (χ0) is 10.7. The highest BCUT2D eigenvalue weighted by Crippen LogP contribution is 2.28. The van der Waals surface area contributed by atoms with Gasteiger partial charge >= 0.3 is 0 Å². The molecule has 1 rings (SSSR count). The van der Waals surface area contributed by atoms with E-state index in [4.69, 9.17) is 16.6 Å². The maximum Gasteiger partial charge on any atom is 0.0585 e. The summed E-state index contributed by atoms with van der Waals surface area (Å²) in [5.41, 5.74) is 13.1. The van der Waals surface area contributed by atoms with E-state index in [2.05, 4.69) is 31.9 Å². The molecule has 5 heteroatoms. The summed E-state index contributed by atoms with van der Waals surface area (Å²) >= 11 is 6.72. The summed E-state index contributed by atoms with van der Waals surface area (Å²) in [6.07, 6.45) is 0.570. The van der Waals surface area contributed by atoms with Crippen molar-refractivity contribution < 1.29 is 5.11 Å². The Kier molecular flexibility index (Phi) is 4.37. The van der Waals surface area contributed by atoms with E-state index in [-0.39, 0.29) is 12.6 Å². The van der Waals surface area contributed by atoms with Gasteiger partial charge in [-0.15, -0.1) is 0 Å². The van der Waals surface area contributed by atoms with Crippen LogP contribution in [0.5, 0.6) is 0 Å². The monoisotopic (exact) mass is 322 g/mol. The van der Waals surface area contributed by atoms with Gasteiger partial charge in [0.25, 0.3) is 0 Å². The Morgan fingerprint density at radius 2 is 2.00 bits per heavy atom. The van der Waals surface area contributed by atoms with Gasteiger partial charge < -0.3 is 16.6 Å². The molecule has 1 unspecified atom stereocenters. The zero-order valence-electron chi connectivity index (χ0n) is 7.50. The first-order valence-electron chi connectivity index (χ1n) is 4.14. The normalized spacial score (nSPS) is 12.9. The van der Waals surface area contributed by atoms with E-state index in [9.17, 15) is 0 Å². The number of anilines is 1. The van der Waals surface area contributed by atoms with Crippen LogP contribution >= 0.6 is 31.9 Å². The third-order valence-corrected chi connectivity index (χ3v) is 3.01. The molecule has 3 nitrogen and oxygen atoms in total. The molecule has 0 fully saturated rings. The molecule has 1 aromatic rings. The third kappa shape index (κ3) is 2.95. The van der Waals surface area contributed by atoms with E-state index in [0.29, 0.717) is 12.1 Å². The molecule has 1 aromatic carbocycles. The summed E-state index contributed by atoms with van der Waals surface area (Å²) in [4.78, 5) is 0. The fourth-order valence-corrected chi connectivity index (χ4v) is 2.47. The molecule has 78 valence electrons. The lowest BCUT2D eigenvalue weighted by molar-refractivity contribution is 0.265. The lowest BCUT2D eigenvalue weighted by Gasteiger charge is -2.12. The summed E-state index contributed by atoms with van der Waals surface area (Å²) in [5, 5.41) is 8.84. The highest BCUT2D eigenvalue weighted by molar-refractivity contribution is 9.11. The van der Waals surface area contributed by atoms with Gasteiger partial charge in [0.2, 0.25) is 0 Å². The average Bonchev–Trinajstić information content (AvgIpc) is 2.13. The second kappa shape index (κ2) is 5.11. The smallest absolute Gasteiger partial charge is 0.0585 e. The molecule has 0 saturated carbocycles. The van der Waals surface area contributed by atoms with Crippen LogP contribution in [-0.2, 0) is 6.42 Å². The van der Waals surface area contributed by atoms with Gasteiger partial charge in [0.05, 0.1) is 6.61 Å². The van der Waals surface area contributed by atoms with E-state index in [1.54, 1.807) is 0 Å². The van der Waals surface area contributed by atoms with Crippen LogP contribution in [0.2, 0.25) is 0 Å². The maximum absolute atomic E-state index is 8.84. The summed E-state index contributed by atoms with van der Waals surface area (Å²) in [6, 6.07) is 3.53. The van der Waals surface area contributed by atoms with Crippen LogP contribution in [0.15, 0.2) is 21.1 Å². The van der Waals surface area contributed by atoms with Crippen molar-refractivity contribution in [3.05, 3.63) is 26.6 Å². The van der Waals surface area contributed by atoms with E-state index < -0.39 is 0 Å². The number of benzene rings is 1. The summed E-state index contributed by atoms with van der Waals surface area (Å²) < 4.78 is 1.78. The molecule has 0 aliphatic rings. The number of aliphatic hydroxyl groups is 1. The molecular weight excluding hydrogens is 312 g/mol. The van der Waals surface area contributed by atoms with Crippen molar-refractivity contribution in [1.82, 2.24) is 0 Å². The molecule has 0 aromatic heterocycles. The second-order valence-corrected chi connectivity index (χ2v) is 4.88.